The van der Waals surface area contributed by atoms with E-state index in [9.17, 15) is 17.6 Å². The van der Waals surface area contributed by atoms with E-state index < -0.39 is 34.5 Å². The Kier molecular flexibility index (Phi) is 5.21. The van der Waals surface area contributed by atoms with Gasteiger partial charge in [-0.05, 0) is 43.5 Å². The van der Waals surface area contributed by atoms with Crippen LogP contribution < -0.4 is 4.72 Å². The zero-order valence-corrected chi connectivity index (χ0v) is 11.9. The second-order valence-electron chi connectivity index (χ2n) is 4.39. The Morgan fingerprint density at radius 3 is 2.25 bits per heavy atom. The maximum absolute atomic E-state index is 13.2. The lowest BCUT2D eigenvalue weighted by Crippen LogP contribution is -2.41. The molecule has 1 rings (SSSR count). The van der Waals surface area contributed by atoms with E-state index in [0.29, 0.717) is 0 Å². The number of rotatable bonds is 6. The molecule has 0 spiro atoms. The van der Waals surface area contributed by atoms with Gasteiger partial charge in [-0.3, -0.25) is 4.79 Å². The summed E-state index contributed by atoms with van der Waals surface area (Å²) >= 11 is 0. The van der Waals surface area contributed by atoms with Crippen LogP contribution in [0.2, 0.25) is 0 Å². The Balaban J connectivity index is 3.20. The molecule has 0 fully saturated rings. The predicted octanol–water partition coefficient (Wildman–Crippen LogP) is 0.556. The Morgan fingerprint density at radius 1 is 1.35 bits per heavy atom. The third-order valence-electron chi connectivity index (χ3n) is 2.71. The molecule has 0 saturated carbocycles. The zero-order chi connectivity index (χ0) is 15.5. The molecule has 0 aliphatic carbocycles. The lowest BCUT2D eigenvalue weighted by molar-refractivity contribution is -0.139. The van der Waals surface area contributed by atoms with Crippen LogP contribution in [-0.2, 0) is 14.8 Å². The van der Waals surface area contributed by atoms with Gasteiger partial charge in [-0.2, -0.15) is 4.72 Å². The van der Waals surface area contributed by atoms with Crippen LogP contribution in [0.1, 0.15) is 17.5 Å². The zero-order valence-electron chi connectivity index (χ0n) is 11.1. The summed E-state index contributed by atoms with van der Waals surface area (Å²) < 4.78 is 39.6. The normalized spacial score (nSPS) is 13.2. The summed E-state index contributed by atoms with van der Waals surface area (Å²) in [7, 11) is -4.11. The summed E-state index contributed by atoms with van der Waals surface area (Å²) in [5.41, 5.74) is 0.367. The highest BCUT2D eigenvalue weighted by molar-refractivity contribution is 7.89. The SMILES string of the molecule is Cc1cc(F)cc(C)c1S(=O)(=O)NC(CCO)C(=O)O. The number of hydrogen-bond acceptors (Lipinski definition) is 4. The van der Waals surface area contributed by atoms with E-state index in [1.54, 1.807) is 0 Å². The molecule has 0 saturated heterocycles. The van der Waals surface area contributed by atoms with Crippen molar-refractivity contribution in [1.29, 1.82) is 0 Å². The number of sulfonamides is 1. The van der Waals surface area contributed by atoms with E-state index in [0.717, 1.165) is 12.1 Å². The highest BCUT2D eigenvalue weighted by atomic mass is 32.2. The lowest BCUT2D eigenvalue weighted by Gasteiger charge is -2.16. The monoisotopic (exact) mass is 305 g/mol. The number of carboxylic acid groups (broad SMARTS) is 1. The molecule has 3 N–H and O–H groups in total. The van der Waals surface area contributed by atoms with E-state index in [4.69, 9.17) is 10.2 Å². The van der Waals surface area contributed by atoms with E-state index in [-0.39, 0.29) is 22.4 Å². The minimum absolute atomic E-state index is 0.150. The highest BCUT2D eigenvalue weighted by Crippen LogP contribution is 2.21. The van der Waals surface area contributed by atoms with Crippen molar-refractivity contribution in [3.63, 3.8) is 0 Å². The summed E-state index contributed by atoms with van der Waals surface area (Å²) in [6.45, 7) is 2.37. The van der Waals surface area contributed by atoms with Crippen molar-refractivity contribution in [2.75, 3.05) is 6.61 Å². The van der Waals surface area contributed by atoms with Gasteiger partial charge in [0.1, 0.15) is 11.9 Å². The van der Waals surface area contributed by atoms with Gasteiger partial charge in [-0.1, -0.05) is 0 Å². The van der Waals surface area contributed by atoms with Crippen LogP contribution in [0.25, 0.3) is 0 Å². The van der Waals surface area contributed by atoms with Gasteiger partial charge in [-0.15, -0.1) is 0 Å². The average Bonchev–Trinajstić information content (AvgIpc) is 2.25. The number of aliphatic carboxylic acids is 1. The third kappa shape index (κ3) is 3.75. The molecule has 8 heteroatoms. The van der Waals surface area contributed by atoms with Crippen LogP contribution in [0.5, 0.6) is 0 Å². The smallest absolute Gasteiger partial charge is 0.321 e. The van der Waals surface area contributed by atoms with Gasteiger partial charge in [0.15, 0.2) is 0 Å². The molecular weight excluding hydrogens is 289 g/mol. The molecule has 0 aliphatic heterocycles. The Labute approximate surface area is 116 Å². The van der Waals surface area contributed by atoms with Gasteiger partial charge < -0.3 is 10.2 Å². The van der Waals surface area contributed by atoms with Gasteiger partial charge in [-0.25, -0.2) is 12.8 Å². The number of halogens is 1. The predicted molar refractivity (Wildman–Crippen MR) is 69.3 cm³/mol. The van der Waals surface area contributed by atoms with Crippen LogP contribution >= 0.6 is 0 Å². The van der Waals surface area contributed by atoms with Crippen molar-refractivity contribution in [2.45, 2.75) is 31.2 Å². The minimum atomic E-state index is -4.11. The van der Waals surface area contributed by atoms with E-state index >= 15 is 0 Å². The molecule has 0 amide bonds. The molecule has 112 valence electrons. The molecule has 0 aromatic heterocycles. The number of hydrogen-bond donors (Lipinski definition) is 3. The number of aryl methyl sites for hydroxylation is 2. The molecule has 1 aromatic carbocycles. The fourth-order valence-corrected chi connectivity index (χ4v) is 3.61. The number of benzene rings is 1. The van der Waals surface area contributed by atoms with Crippen molar-refractivity contribution in [1.82, 2.24) is 4.72 Å². The van der Waals surface area contributed by atoms with Gasteiger partial charge in [0, 0.05) is 6.61 Å². The van der Waals surface area contributed by atoms with E-state index in [1.807, 2.05) is 4.72 Å². The second-order valence-corrected chi connectivity index (χ2v) is 6.04. The first-order valence-electron chi connectivity index (χ1n) is 5.81. The second kappa shape index (κ2) is 6.29. The van der Waals surface area contributed by atoms with Crippen LogP contribution in [0.3, 0.4) is 0 Å². The summed E-state index contributed by atoms with van der Waals surface area (Å²) in [4.78, 5) is 10.8. The van der Waals surface area contributed by atoms with Gasteiger partial charge in [0.2, 0.25) is 10.0 Å². The quantitative estimate of drug-likeness (QED) is 0.712. The number of aliphatic hydroxyl groups is 1. The van der Waals surface area contributed by atoms with Crippen molar-refractivity contribution in [2.24, 2.45) is 0 Å². The van der Waals surface area contributed by atoms with Crippen LogP contribution in [0, 0.1) is 19.7 Å². The van der Waals surface area contributed by atoms with Crippen molar-refractivity contribution < 1.29 is 27.8 Å². The fourth-order valence-electron chi connectivity index (χ4n) is 1.93. The molecule has 1 unspecified atom stereocenters. The first-order valence-corrected chi connectivity index (χ1v) is 7.30. The molecule has 0 radical (unpaired) electrons. The lowest BCUT2D eigenvalue weighted by atomic mass is 10.1. The summed E-state index contributed by atoms with van der Waals surface area (Å²) in [6.07, 6.45) is -0.256. The van der Waals surface area contributed by atoms with Crippen LogP contribution in [0.4, 0.5) is 4.39 Å². The molecule has 1 aromatic rings. The molecule has 0 bridgehead atoms. The first kappa shape index (κ1) is 16.5. The Hall–Kier alpha value is -1.51. The average molecular weight is 305 g/mol. The third-order valence-corrected chi connectivity index (χ3v) is 4.48. The van der Waals surface area contributed by atoms with Crippen molar-refractivity contribution in [3.8, 4) is 0 Å². The van der Waals surface area contributed by atoms with Crippen LogP contribution in [-0.4, -0.2) is 37.2 Å². The summed E-state index contributed by atoms with van der Waals surface area (Å²) in [5, 5.41) is 17.7. The standard InChI is InChI=1S/C12H16FNO5S/c1-7-5-9(13)6-8(2)11(7)20(18,19)14-10(3-4-15)12(16)17/h5-6,10,14-15H,3-4H2,1-2H3,(H,16,17). The first-order chi connectivity index (χ1) is 9.19. The topological polar surface area (TPSA) is 104 Å². The number of aliphatic hydroxyl groups excluding tert-OH is 1. The number of carboxylic acids is 1. The van der Waals surface area contributed by atoms with E-state index in [2.05, 4.69) is 0 Å². The Morgan fingerprint density at radius 2 is 1.85 bits per heavy atom. The fraction of sp³-hybridized carbons (Fsp3) is 0.417. The minimum Gasteiger partial charge on any atom is -0.480 e. The van der Waals surface area contributed by atoms with Gasteiger partial charge in [0.05, 0.1) is 4.90 Å². The molecule has 0 aliphatic rings. The number of carbonyl (C=O) groups is 1. The molecule has 1 atom stereocenters. The molecular formula is C12H16FNO5S. The molecule has 0 heterocycles. The van der Waals surface area contributed by atoms with Crippen LogP contribution in [0.15, 0.2) is 17.0 Å². The molecule has 20 heavy (non-hydrogen) atoms. The summed E-state index contributed by atoms with van der Waals surface area (Å²) in [6, 6.07) is 0.682. The highest BCUT2D eigenvalue weighted by Gasteiger charge is 2.27. The van der Waals surface area contributed by atoms with Gasteiger partial charge >= 0.3 is 5.97 Å². The maximum Gasteiger partial charge on any atom is 0.321 e. The number of nitrogens with one attached hydrogen (secondary N) is 1. The van der Waals surface area contributed by atoms with Crippen molar-refractivity contribution >= 4 is 16.0 Å². The maximum atomic E-state index is 13.2. The largest absolute Gasteiger partial charge is 0.480 e. The summed E-state index contributed by atoms with van der Waals surface area (Å²) in [5.74, 6) is -1.95. The Bertz CT molecular complexity index is 591. The molecule has 6 nitrogen and oxygen atoms in total. The van der Waals surface area contributed by atoms with Gasteiger partial charge in [0.25, 0.3) is 0 Å². The van der Waals surface area contributed by atoms with E-state index in [1.165, 1.54) is 13.8 Å². The van der Waals surface area contributed by atoms with Crippen molar-refractivity contribution in [3.05, 3.63) is 29.1 Å².